The first kappa shape index (κ1) is 21.3. The molecule has 7 nitrogen and oxygen atoms in total. The van der Waals surface area contributed by atoms with Crippen LogP contribution in [0.2, 0.25) is 0 Å². The fourth-order valence-corrected chi connectivity index (χ4v) is 4.60. The van der Waals surface area contributed by atoms with Gasteiger partial charge < -0.3 is 15.0 Å². The molecule has 2 aromatic rings. The van der Waals surface area contributed by atoms with Gasteiger partial charge in [0, 0.05) is 36.8 Å². The smallest absolute Gasteiger partial charge is 0.259 e. The Morgan fingerprint density at radius 1 is 1.10 bits per heavy atom. The van der Waals surface area contributed by atoms with Gasteiger partial charge >= 0.3 is 0 Å². The van der Waals surface area contributed by atoms with Crippen molar-refractivity contribution in [1.29, 1.82) is 0 Å². The van der Waals surface area contributed by atoms with Crippen molar-refractivity contribution in [3.05, 3.63) is 47.5 Å². The first-order valence-electron chi connectivity index (χ1n) is 11.1. The lowest BCUT2D eigenvalue weighted by Crippen LogP contribution is -2.42. The minimum absolute atomic E-state index is 0.122. The quantitative estimate of drug-likeness (QED) is 0.789. The number of methoxy groups -OCH3 is 1. The van der Waals surface area contributed by atoms with Crippen molar-refractivity contribution in [2.75, 3.05) is 25.5 Å². The summed E-state index contributed by atoms with van der Waals surface area (Å²) in [5.41, 5.74) is 1.78. The highest BCUT2D eigenvalue weighted by molar-refractivity contribution is 6.04. The minimum atomic E-state index is -0.240. The first-order valence-corrected chi connectivity index (χ1v) is 11.1. The minimum Gasteiger partial charge on any atom is -0.497 e. The maximum atomic E-state index is 12.8. The number of rotatable bonds is 5. The van der Waals surface area contributed by atoms with Crippen molar-refractivity contribution in [1.82, 2.24) is 14.9 Å². The van der Waals surface area contributed by atoms with E-state index in [4.69, 9.17) is 4.74 Å². The number of aryl methyl sites for hydroxylation is 1. The van der Waals surface area contributed by atoms with Crippen LogP contribution in [-0.2, 0) is 4.79 Å². The van der Waals surface area contributed by atoms with Crippen molar-refractivity contribution in [3.8, 4) is 5.75 Å². The van der Waals surface area contributed by atoms with E-state index in [1.54, 1.807) is 37.6 Å². The monoisotopic (exact) mass is 422 g/mol. The third-order valence-electron chi connectivity index (χ3n) is 6.39. The fourth-order valence-electron chi connectivity index (χ4n) is 4.60. The van der Waals surface area contributed by atoms with Gasteiger partial charge in [-0.2, -0.15) is 0 Å². The second-order valence-electron chi connectivity index (χ2n) is 8.51. The molecule has 31 heavy (non-hydrogen) atoms. The summed E-state index contributed by atoms with van der Waals surface area (Å²) in [5.74, 6) is 1.84. The molecule has 1 saturated heterocycles. The van der Waals surface area contributed by atoms with Gasteiger partial charge in [0.05, 0.1) is 18.4 Å². The fraction of sp³-hybridized carbons (Fsp3) is 0.500. The largest absolute Gasteiger partial charge is 0.497 e. The number of nitrogens with one attached hydrogen (secondary N) is 1. The van der Waals surface area contributed by atoms with Gasteiger partial charge in [-0.1, -0.05) is 12.8 Å². The summed E-state index contributed by atoms with van der Waals surface area (Å²) in [6.07, 6.45) is 7.90. The molecule has 4 rings (SSSR count). The Balaban J connectivity index is 1.42. The summed E-state index contributed by atoms with van der Waals surface area (Å²) in [6.45, 7) is 3.33. The molecular weight excluding hydrogens is 392 g/mol. The number of amides is 2. The van der Waals surface area contributed by atoms with E-state index in [2.05, 4.69) is 15.3 Å². The van der Waals surface area contributed by atoms with Gasteiger partial charge in [-0.05, 0) is 56.9 Å². The molecule has 0 unspecified atom stereocenters. The van der Waals surface area contributed by atoms with Crippen molar-refractivity contribution < 1.29 is 14.3 Å². The van der Waals surface area contributed by atoms with E-state index in [1.165, 1.54) is 0 Å². The lowest BCUT2D eigenvalue weighted by Gasteiger charge is -2.33. The van der Waals surface area contributed by atoms with Crippen molar-refractivity contribution in [3.63, 3.8) is 0 Å². The molecule has 0 radical (unpaired) electrons. The summed E-state index contributed by atoms with van der Waals surface area (Å²) < 4.78 is 5.14. The van der Waals surface area contributed by atoms with Crippen LogP contribution in [0.4, 0.5) is 5.69 Å². The molecule has 1 N–H and O–H groups in total. The zero-order chi connectivity index (χ0) is 21.8. The van der Waals surface area contributed by atoms with Crippen LogP contribution in [0, 0.1) is 12.8 Å². The lowest BCUT2D eigenvalue weighted by molar-refractivity contribution is -0.136. The summed E-state index contributed by atoms with van der Waals surface area (Å²) in [5, 5.41) is 2.88. The third kappa shape index (κ3) is 4.86. The van der Waals surface area contributed by atoms with Crippen LogP contribution in [0.25, 0.3) is 0 Å². The Morgan fingerprint density at radius 2 is 1.84 bits per heavy atom. The molecule has 1 aliphatic carbocycles. The number of nitrogens with zero attached hydrogens (tertiary/aromatic N) is 3. The normalized spacial score (nSPS) is 19.3. The van der Waals surface area contributed by atoms with E-state index in [0.29, 0.717) is 29.4 Å². The number of piperidine rings is 1. The SMILES string of the molecule is COc1ccc(NC(=O)c2cnc([C@H]3CCCN(C(=O)C4CCCC4)C3)nc2C)cc1. The van der Waals surface area contributed by atoms with Gasteiger partial charge in [-0.15, -0.1) is 0 Å². The van der Waals surface area contributed by atoms with Crippen LogP contribution < -0.4 is 10.1 Å². The topological polar surface area (TPSA) is 84.4 Å². The number of aromatic nitrogens is 2. The van der Waals surface area contributed by atoms with Gasteiger partial charge in [-0.3, -0.25) is 9.59 Å². The van der Waals surface area contributed by atoms with Crippen LogP contribution >= 0.6 is 0 Å². The number of hydrogen-bond donors (Lipinski definition) is 1. The van der Waals surface area contributed by atoms with E-state index >= 15 is 0 Å². The van der Waals surface area contributed by atoms with E-state index in [1.807, 2.05) is 11.8 Å². The Morgan fingerprint density at radius 3 is 2.52 bits per heavy atom. The number of anilines is 1. The highest BCUT2D eigenvalue weighted by Gasteiger charge is 2.32. The van der Waals surface area contributed by atoms with E-state index < -0.39 is 0 Å². The van der Waals surface area contributed by atoms with Crippen LogP contribution in [0.5, 0.6) is 5.75 Å². The van der Waals surface area contributed by atoms with E-state index in [9.17, 15) is 9.59 Å². The highest BCUT2D eigenvalue weighted by Crippen LogP contribution is 2.31. The Labute approximate surface area is 183 Å². The molecule has 2 heterocycles. The molecule has 1 aliphatic heterocycles. The summed E-state index contributed by atoms with van der Waals surface area (Å²) in [4.78, 5) is 36.7. The Hall–Kier alpha value is -2.96. The highest BCUT2D eigenvalue weighted by atomic mass is 16.5. The van der Waals surface area contributed by atoms with Gasteiger partial charge in [0.25, 0.3) is 5.91 Å². The zero-order valence-electron chi connectivity index (χ0n) is 18.3. The molecule has 2 fully saturated rings. The van der Waals surface area contributed by atoms with Crippen LogP contribution in [0.3, 0.4) is 0 Å². The molecule has 2 amide bonds. The standard InChI is InChI=1S/C24H30N4O3/c1-16-21(23(29)27-19-9-11-20(31-2)12-10-19)14-25-22(26-16)18-8-5-13-28(15-18)24(30)17-6-3-4-7-17/h9-12,14,17-18H,3-8,13,15H2,1-2H3,(H,27,29)/t18-/m0/s1. The van der Waals surface area contributed by atoms with Gasteiger partial charge in [0.15, 0.2) is 0 Å². The Kier molecular flexibility index (Phi) is 6.49. The summed E-state index contributed by atoms with van der Waals surface area (Å²) >= 11 is 0. The van der Waals surface area contributed by atoms with Gasteiger partial charge in [0.2, 0.25) is 5.91 Å². The second-order valence-corrected chi connectivity index (χ2v) is 8.51. The Bertz CT molecular complexity index is 938. The summed E-state index contributed by atoms with van der Waals surface area (Å²) in [7, 11) is 1.60. The molecule has 0 spiro atoms. The van der Waals surface area contributed by atoms with Gasteiger partial charge in [-0.25, -0.2) is 9.97 Å². The number of ether oxygens (including phenoxy) is 1. The molecule has 164 valence electrons. The number of hydrogen-bond acceptors (Lipinski definition) is 5. The molecule has 2 aliphatic rings. The maximum absolute atomic E-state index is 12.8. The number of carbonyl (C=O) groups excluding carboxylic acids is 2. The lowest BCUT2D eigenvalue weighted by atomic mass is 9.95. The average Bonchev–Trinajstić information content (AvgIpc) is 3.34. The summed E-state index contributed by atoms with van der Waals surface area (Å²) in [6, 6.07) is 7.17. The number of carbonyl (C=O) groups is 2. The molecule has 1 atom stereocenters. The molecular formula is C24H30N4O3. The van der Waals surface area contributed by atoms with Crippen molar-refractivity contribution >= 4 is 17.5 Å². The molecule has 1 aromatic carbocycles. The van der Waals surface area contributed by atoms with E-state index in [0.717, 1.165) is 56.6 Å². The number of benzene rings is 1. The predicted molar refractivity (Wildman–Crippen MR) is 118 cm³/mol. The first-order chi connectivity index (χ1) is 15.0. The van der Waals surface area contributed by atoms with Crippen LogP contribution in [0.15, 0.2) is 30.5 Å². The van der Waals surface area contributed by atoms with Crippen molar-refractivity contribution in [2.24, 2.45) is 5.92 Å². The zero-order valence-corrected chi connectivity index (χ0v) is 18.3. The average molecular weight is 423 g/mol. The maximum Gasteiger partial charge on any atom is 0.259 e. The van der Waals surface area contributed by atoms with Crippen LogP contribution in [0.1, 0.15) is 66.3 Å². The molecule has 1 saturated carbocycles. The molecule has 0 bridgehead atoms. The second kappa shape index (κ2) is 9.45. The van der Waals surface area contributed by atoms with Crippen LogP contribution in [-0.4, -0.2) is 46.9 Å². The van der Waals surface area contributed by atoms with Crippen molar-refractivity contribution in [2.45, 2.75) is 51.4 Å². The van der Waals surface area contributed by atoms with Gasteiger partial charge in [0.1, 0.15) is 11.6 Å². The molecule has 1 aromatic heterocycles. The molecule has 7 heteroatoms. The predicted octanol–water partition coefficient (Wildman–Crippen LogP) is 3.94. The third-order valence-corrected chi connectivity index (χ3v) is 6.39. The van der Waals surface area contributed by atoms with E-state index in [-0.39, 0.29) is 17.7 Å². The number of likely N-dealkylation sites (tertiary alicyclic amines) is 1.